The zero-order valence-corrected chi connectivity index (χ0v) is 11.8. The van der Waals surface area contributed by atoms with Gasteiger partial charge in [0.2, 0.25) is 17.7 Å². The van der Waals surface area contributed by atoms with Gasteiger partial charge in [-0.25, -0.2) is 4.39 Å². The van der Waals surface area contributed by atoms with Crippen LogP contribution in [0.5, 0.6) is 0 Å². The lowest BCUT2D eigenvalue weighted by Crippen LogP contribution is -2.38. The molecule has 3 amide bonds. The van der Waals surface area contributed by atoms with E-state index in [2.05, 4.69) is 5.32 Å². The molecule has 2 aliphatic rings. The summed E-state index contributed by atoms with van der Waals surface area (Å²) in [4.78, 5) is 37.4. The second kappa shape index (κ2) is 5.71. The largest absolute Gasteiger partial charge is 0.324 e. The number of carbonyl (C=O) groups excluding carboxylic acids is 3. The Bertz CT molecular complexity index is 645. The zero-order chi connectivity index (χ0) is 15.7. The highest BCUT2D eigenvalue weighted by atomic mass is 19.1. The summed E-state index contributed by atoms with van der Waals surface area (Å²) in [6, 6.07) is 5.45. The number of nitrogens with zero attached hydrogens (tertiary/aromatic N) is 1. The molecular weight excluding hydrogens is 287 g/mol. The van der Waals surface area contributed by atoms with Crippen molar-refractivity contribution in [1.29, 1.82) is 0 Å². The number of hydrogen-bond acceptors (Lipinski definition) is 3. The van der Waals surface area contributed by atoms with E-state index in [9.17, 15) is 18.8 Å². The Morgan fingerprint density at radius 3 is 2.41 bits per heavy atom. The minimum atomic E-state index is -0.515. The second-order valence-electron chi connectivity index (χ2n) is 5.48. The first-order chi connectivity index (χ1) is 10.6. The van der Waals surface area contributed by atoms with E-state index in [1.54, 1.807) is 0 Å². The van der Waals surface area contributed by atoms with Gasteiger partial charge in [0.25, 0.3) is 0 Å². The van der Waals surface area contributed by atoms with Gasteiger partial charge >= 0.3 is 0 Å². The zero-order valence-electron chi connectivity index (χ0n) is 11.8. The van der Waals surface area contributed by atoms with Crippen molar-refractivity contribution in [3.8, 4) is 0 Å². The van der Waals surface area contributed by atoms with Crippen molar-refractivity contribution in [2.75, 3.05) is 11.9 Å². The van der Waals surface area contributed by atoms with Gasteiger partial charge in [0, 0.05) is 5.69 Å². The lowest BCUT2D eigenvalue weighted by molar-refractivity contribution is -0.142. The van der Waals surface area contributed by atoms with Crippen LogP contribution in [0.15, 0.2) is 36.4 Å². The third-order valence-corrected chi connectivity index (χ3v) is 4.01. The molecule has 1 N–H and O–H groups in total. The highest BCUT2D eigenvalue weighted by molar-refractivity contribution is 6.08. The van der Waals surface area contributed by atoms with E-state index in [0.29, 0.717) is 18.5 Å². The minimum Gasteiger partial charge on any atom is -0.324 e. The number of imide groups is 1. The normalized spacial score (nSPS) is 23.6. The van der Waals surface area contributed by atoms with Crippen LogP contribution in [0.1, 0.15) is 12.8 Å². The van der Waals surface area contributed by atoms with E-state index in [4.69, 9.17) is 0 Å². The van der Waals surface area contributed by atoms with Crippen molar-refractivity contribution in [2.45, 2.75) is 12.8 Å². The summed E-state index contributed by atoms with van der Waals surface area (Å²) in [7, 11) is 0. The lowest BCUT2D eigenvalue weighted by Gasteiger charge is -2.14. The van der Waals surface area contributed by atoms with Crippen molar-refractivity contribution in [3.63, 3.8) is 0 Å². The SMILES string of the molecule is O=C(CN1C(=O)C2CC=CCC2C1=O)Nc1cccc(F)c1. The number of amides is 3. The summed E-state index contributed by atoms with van der Waals surface area (Å²) in [6.45, 7) is -0.332. The number of anilines is 1. The number of benzene rings is 1. The van der Waals surface area contributed by atoms with Gasteiger partial charge in [-0.1, -0.05) is 18.2 Å². The van der Waals surface area contributed by atoms with Crippen LogP contribution in [0.3, 0.4) is 0 Å². The number of allylic oxidation sites excluding steroid dienone is 2. The molecule has 1 aliphatic carbocycles. The van der Waals surface area contributed by atoms with E-state index < -0.39 is 11.7 Å². The lowest BCUT2D eigenvalue weighted by atomic mass is 9.85. The minimum absolute atomic E-state index is 0.295. The fourth-order valence-corrected chi connectivity index (χ4v) is 2.94. The third kappa shape index (κ3) is 2.64. The number of carbonyl (C=O) groups is 3. The van der Waals surface area contributed by atoms with Crippen molar-refractivity contribution >= 4 is 23.4 Å². The van der Waals surface area contributed by atoms with Gasteiger partial charge in [-0.15, -0.1) is 0 Å². The van der Waals surface area contributed by atoms with E-state index in [1.807, 2.05) is 12.2 Å². The van der Waals surface area contributed by atoms with E-state index >= 15 is 0 Å². The van der Waals surface area contributed by atoms with E-state index in [0.717, 1.165) is 4.90 Å². The molecule has 1 aromatic rings. The maximum Gasteiger partial charge on any atom is 0.244 e. The molecule has 0 radical (unpaired) electrons. The maximum absolute atomic E-state index is 13.1. The van der Waals surface area contributed by atoms with Crippen LogP contribution in [0, 0.1) is 17.7 Å². The molecule has 1 fully saturated rings. The summed E-state index contributed by atoms with van der Waals surface area (Å²) in [6.07, 6.45) is 4.86. The van der Waals surface area contributed by atoms with Crippen LogP contribution in [-0.4, -0.2) is 29.2 Å². The molecule has 1 saturated heterocycles. The van der Waals surface area contributed by atoms with Gasteiger partial charge in [-0.05, 0) is 31.0 Å². The van der Waals surface area contributed by atoms with Gasteiger partial charge in [0.1, 0.15) is 12.4 Å². The molecular formula is C16H15FN2O3. The standard InChI is InChI=1S/C16H15FN2O3/c17-10-4-3-5-11(8-10)18-14(20)9-19-15(21)12-6-1-2-7-13(12)16(19)22/h1-5,8,12-13H,6-7,9H2,(H,18,20). The van der Waals surface area contributed by atoms with Gasteiger partial charge in [-0.3, -0.25) is 19.3 Å². The molecule has 0 spiro atoms. The molecule has 0 saturated carbocycles. The molecule has 1 aliphatic heterocycles. The average molecular weight is 302 g/mol. The number of rotatable bonds is 3. The summed E-state index contributed by atoms with van der Waals surface area (Å²) < 4.78 is 13.1. The van der Waals surface area contributed by atoms with Crippen LogP contribution >= 0.6 is 0 Å². The Labute approximate surface area is 126 Å². The van der Waals surface area contributed by atoms with Gasteiger partial charge < -0.3 is 5.32 Å². The predicted molar refractivity (Wildman–Crippen MR) is 77.1 cm³/mol. The van der Waals surface area contributed by atoms with Gasteiger partial charge in [0.05, 0.1) is 11.8 Å². The Hall–Kier alpha value is -2.50. The molecule has 5 nitrogen and oxygen atoms in total. The molecule has 114 valence electrons. The van der Waals surface area contributed by atoms with Crippen molar-refractivity contribution < 1.29 is 18.8 Å². The molecule has 6 heteroatoms. The van der Waals surface area contributed by atoms with Crippen molar-refractivity contribution in [2.24, 2.45) is 11.8 Å². The first kappa shape index (κ1) is 14.4. The summed E-state index contributed by atoms with van der Waals surface area (Å²) in [5.41, 5.74) is 0.295. The Morgan fingerprint density at radius 1 is 1.18 bits per heavy atom. The topological polar surface area (TPSA) is 66.5 Å². The fourth-order valence-electron chi connectivity index (χ4n) is 2.94. The van der Waals surface area contributed by atoms with Gasteiger partial charge in [-0.2, -0.15) is 0 Å². The molecule has 3 rings (SSSR count). The van der Waals surface area contributed by atoms with Crippen LogP contribution in [-0.2, 0) is 14.4 Å². The average Bonchev–Trinajstić information content (AvgIpc) is 2.73. The van der Waals surface area contributed by atoms with Crippen LogP contribution in [0.2, 0.25) is 0 Å². The van der Waals surface area contributed by atoms with Gasteiger partial charge in [0.15, 0.2) is 0 Å². The Kier molecular flexibility index (Phi) is 3.75. The number of halogens is 1. The maximum atomic E-state index is 13.1. The molecule has 1 aromatic carbocycles. The summed E-state index contributed by atoms with van der Waals surface area (Å²) in [5.74, 6) is -2.27. The Morgan fingerprint density at radius 2 is 1.82 bits per heavy atom. The van der Waals surface area contributed by atoms with E-state index in [1.165, 1.54) is 24.3 Å². The molecule has 2 unspecified atom stereocenters. The molecule has 0 bridgehead atoms. The highest BCUT2D eigenvalue weighted by Crippen LogP contribution is 2.34. The number of hydrogen-bond donors (Lipinski definition) is 1. The number of likely N-dealkylation sites (tertiary alicyclic amines) is 1. The molecule has 0 aromatic heterocycles. The fraction of sp³-hybridized carbons (Fsp3) is 0.312. The van der Waals surface area contributed by atoms with E-state index in [-0.39, 0.29) is 30.2 Å². The smallest absolute Gasteiger partial charge is 0.244 e. The molecule has 1 heterocycles. The van der Waals surface area contributed by atoms with Crippen LogP contribution < -0.4 is 5.32 Å². The van der Waals surface area contributed by atoms with Crippen molar-refractivity contribution in [3.05, 3.63) is 42.2 Å². The molecule has 2 atom stereocenters. The highest BCUT2D eigenvalue weighted by Gasteiger charge is 2.47. The second-order valence-corrected chi connectivity index (χ2v) is 5.48. The predicted octanol–water partition coefficient (Wildman–Crippen LogP) is 1.72. The monoisotopic (exact) mass is 302 g/mol. The third-order valence-electron chi connectivity index (χ3n) is 4.01. The summed E-state index contributed by atoms with van der Waals surface area (Å²) >= 11 is 0. The van der Waals surface area contributed by atoms with Crippen LogP contribution in [0.4, 0.5) is 10.1 Å². The summed E-state index contributed by atoms with van der Waals surface area (Å²) in [5, 5.41) is 2.49. The number of fused-ring (bicyclic) bond motifs is 1. The van der Waals surface area contributed by atoms with Crippen LogP contribution in [0.25, 0.3) is 0 Å². The number of nitrogens with one attached hydrogen (secondary N) is 1. The first-order valence-electron chi connectivity index (χ1n) is 7.12. The van der Waals surface area contributed by atoms with Crippen molar-refractivity contribution in [1.82, 2.24) is 4.90 Å². The first-order valence-corrected chi connectivity index (χ1v) is 7.12. The molecule has 22 heavy (non-hydrogen) atoms. The quantitative estimate of drug-likeness (QED) is 0.683. The Balaban J connectivity index is 1.67.